The Balaban J connectivity index is 2.19. The minimum absolute atomic E-state index is 0.638. The summed E-state index contributed by atoms with van der Waals surface area (Å²) in [5, 5.41) is 0. The van der Waals surface area contributed by atoms with Crippen molar-refractivity contribution in [3.63, 3.8) is 0 Å². The Morgan fingerprint density at radius 2 is 2.12 bits per heavy atom. The Morgan fingerprint density at radius 1 is 1.35 bits per heavy atom. The van der Waals surface area contributed by atoms with E-state index in [1.54, 1.807) is 0 Å². The van der Waals surface area contributed by atoms with Crippen LogP contribution in [0, 0.1) is 12.8 Å². The Labute approximate surface area is 105 Å². The summed E-state index contributed by atoms with van der Waals surface area (Å²) in [4.78, 5) is 2.54. The zero-order chi connectivity index (χ0) is 12.4. The smallest absolute Gasteiger partial charge is 0.0371 e. The lowest BCUT2D eigenvalue weighted by atomic mass is 9.92. The van der Waals surface area contributed by atoms with Gasteiger partial charge in [0.15, 0.2) is 0 Å². The average Bonchev–Trinajstić information content (AvgIpc) is 2.29. The van der Waals surface area contributed by atoms with Crippen molar-refractivity contribution in [3.05, 3.63) is 29.3 Å². The van der Waals surface area contributed by atoms with E-state index in [9.17, 15) is 0 Å². The minimum Gasteiger partial charge on any atom is -0.369 e. The zero-order valence-electron chi connectivity index (χ0n) is 11.2. The molecule has 1 aliphatic heterocycles. The highest BCUT2D eigenvalue weighted by molar-refractivity contribution is 5.51. The molecule has 0 aliphatic carbocycles. The van der Waals surface area contributed by atoms with Crippen molar-refractivity contribution in [2.75, 3.05) is 11.4 Å². The van der Waals surface area contributed by atoms with Crippen LogP contribution in [-0.2, 0) is 6.54 Å². The lowest BCUT2D eigenvalue weighted by molar-refractivity contribution is 0.378. The molecule has 0 aromatic heterocycles. The van der Waals surface area contributed by atoms with Crippen molar-refractivity contribution >= 4 is 5.69 Å². The third-order valence-corrected chi connectivity index (χ3v) is 4.02. The molecule has 0 bridgehead atoms. The average molecular weight is 232 g/mol. The lowest BCUT2D eigenvalue weighted by Gasteiger charge is -2.38. The predicted molar refractivity (Wildman–Crippen MR) is 74.3 cm³/mol. The maximum atomic E-state index is 5.71. The van der Waals surface area contributed by atoms with Gasteiger partial charge < -0.3 is 10.6 Å². The molecule has 2 atom stereocenters. The Bertz CT molecular complexity index is 387. The van der Waals surface area contributed by atoms with Crippen LogP contribution in [0.3, 0.4) is 0 Å². The summed E-state index contributed by atoms with van der Waals surface area (Å²) in [6.45, 7) is 8.67. The molecular formula is C15H24N2. The molecule has 2 unspecified atom stereocenters. The molecule has 1 heterocycles. The van der Waals surface area contributed by atoms with E-state index in [0.717, 1.165) is 5.92 Å². The number of nitrogens with zero attached hydrogens (tertiary/aromatic N) is 1. The summed E-state index contributed by atoms with van der Waals surface area (Å²) in [7, 11) is 0. The molecule has 2 nitrogen and oxygen atoms in total. The standard InChI is InChI=1S/C15H24N2/c1-11-6-7-17(13(3)8-11)15-5-4-14(10-16)12(2)9-15/h4-5,9,11,13H,6-8,10,16H2,1-3H3. The molecule has 1 aliphatic rings. The molecule has 17 heavy (non-hydrogen) atoms. The second-order valence-corrected chi connectivity index (χ2v) is 5.49. The van der Waals surface area contributed by atoms with Crippen LogP contribution in [0.4, 0.5) is 5.69 Å². The van der Waals surface area contributed by atoms with Crippen LogP contribution in [0.25, 0.3) is 0 Å². The van der Waals surface area contributed by atoms with Gasteiger partial charge in [-0.25, -0.2) is 0 Å². The number of benzene rings is 1. The van der Waals surface area contributed by atoms with Crippen molar-refractivity contribution in [3.8, 4) is 0 Å². The maximum Gasteiger partial charge on any atom is 0.0371 e. The van der Waals surface area contributed by atoms with Gasteiger partial charge in [0.2, 0.25) is 0 Å². The van der Waals surface area contributed by atoms with Crippen LogP contribution in [0.2, 0.25) is 0 Å². The largest absolute Gasteiger partial charge is 0.369 e. The number of hydrogen-bond donors (Lipinski definition) is 1. The van der Waals surface area contributed by atoms with Gasteiger partial charge in [0.25, 0.3) is 0 Å². The number of piperidine rings is 1. The molecule has 0 spiro atoms. The normalized spacial score (nSPS) is 25.1. The van der Waals surface area contributed by atoms with E-state index >= 15 is 0 Å². The van der Waals surface area contributed by atoms with Crippen LogP contribution in [0.15, 0.2) is 18.2 Å². The van der Waals surface area contributed by atoms with Gasteiger partial charge in [-0.3, -0.25) is 0 Å². The van der Waals surface area contributed by atoms with Gasteiger partial charge in [-0.15, -0.1) is 0 Å². The van der Waals surface area contributed by atoms with Crippen LogP contribution >= 0.6 is 0 Å². The van der Waals surface area contributed by atoms with Crippen molar-refractivity contribution in [1.82, 2.24) is 0 Å². The highest BCUT2D eigenvalue weighted by atomic mass is 15.2. The number of nitrogens with two attached hydrogens (primary N) is 1. The molecule has 2 rings (SSSR count). The van der Waals surface area contributed by atoms with E-state index in [-0.39, 0.29) is 0 Å². The fourth-order valence-electron chi connectivity index (χ4n) is 2.88. The van der Waals surface area contributed by atoms with Crippen molar-refractivity contribution in [2.45, 2.75) is 46.2 Å². The lowest BCUT2D eigenvalue weighted by Crippen LogP contribution is -2.40. The molecule has 94 valence electrons. The Hall–Kier alpha value is -1.02. The summed E-state index contributed by atoms with van der Waals surface area (Å²) in [5.74, 6) is 0.866. The Morgan fingerprint density at radius 3 is 2.71 bits per heavy atom. The van der Waals surface area contributed by atoms with Gasteiger partial charge in [0.1, 0.15) is 0 Å². The molecule has 0 amide bonds. The van der Waals surface area contributed by atoms with Gasteiger partial charge in [-0.05, 0) is 55.9 Å². The fourth-order valence-corrected chi connectivity index (χ4v) is 2.88. The second kappa shape index (κ2) is 5.09. The monoisotopic (exact) mass is 232 g/mol. The first-order valence-corrected chi connectivity index (χ1v) is 6.68. The van der Waals surface area contributed by atoms with E-state index in [1.807, 2.05) is 0 Å². The SMILES string of the molecule is Cc1cc(N2CCC(C)CC2C)ccc1CN. The minimum atomic E-state index is 0.638. The van der Waals surface area contributed by atoms with Crippen molar-refractivity contribution < 1.29 is 0 Å². The topological polar surface area (TPSA) is 29.3 Å². The molecular weight excluding hydrogens is 208 g/mol. The highest BCUT2D eigenvalue weighted by Crippen LogP contribution is 2.28. The molecule has 1 aromatic rings. The molecule has 2 heteroatoms. The van der Waals surface area contributed by atoms with Gasteiger partial charge in [-0.1, -0.05) is 13.0 Å². The second-order valence-electron chi connectivity index (χ2n) is 5.49. The van der Waals surface area contributed by atoms with Crippen LogP contribution in [0.5, 0.6) is 0 Å². The first kappa shape index (κ1) is 12.4. The molecule has 1 saturated heterocycles. The van der Waals surface area contributed by atoms with Crippen LogP contribution in [-0.4, -0.2) is 12.6 Å². The fraction of sp³-hybridized carbons (Fsp3) is 0.600. The number of anilines is 1. The molecule has 0 saturated carbocycles. The van der Waals surface area contributed by atoms with E-state index in [1.165, 1.54) is 36.2 Å². The summed E-state index contributed by atoms with van der Waals surface area (Å²) in [6.07, 6.45) is 2.61. The van der Waals surface area contributed by atoms with E-state index in [0.29, 0.717) is 12.6 Å². The first-order valence-electron chi connectivity index (χ1n) is 6.68. The molecule has 1 aromatic carbocycles. The van der Waals surface area contributed by atoms with Crippen LogP contribution < -0.4 is 10.6 Å². The van der Waals surface area contributed by atoms with Gasteiger partial charge >= 0.3 is 0 Å². The van der Waals surface area contributed by atoms with E-state index < -0.39 is 0 Å². The molecule has 2 N–H and O–H groups in total. The molecule has 1 fully saturated rings. The molecule has 0 radical (unpaired) electrons. The van der Waals surface area contributed by atoms with Gasteiger partial charge in [0, 0.05) is 24.8 Å². The van der Waals surface area contributed by atoms with E-state index in [2.05, 4.69) is 43.9 Å². The predicted octanol–water partition coefficient (Wildman–Crippen LogP) is 3.08. The zero-order valence-corrected chi connectivity index (χ0v) is 11.2. The number of aryl methyl sites for hydroxylation is 1. The van der Waals surface area contributed by atoms with E-state index in [4.69, 9.17) is 5.73 Å². The highest BCUT2D eigenvalue weighted by Gasteiger charge is 2.23. The number of rotatable bonds is 2. The summed E-state index contributed by atoms with van der Waals surface area (Å²) in [6, 6.07) is 7.34. The van der Waals surface area contributed by atoms with Gasteiger partial charge in [0.05, 0.1) is 0 Å². The van der Waals surface area contributed by atoms with Crippen molar-refractivity contribution in [2.24, 2.45) is 11.7 Å². The van der Waals surface area contributed by atoms with Gasteiger partial charge in [-0.2, -0.15) is 0 Å². The quantitative estimate of drug-likeness (QED) is 0.849. The summed E-state index contributed by atoms with van der Waals surface area (Å²) >= 11 is 0. The first-order chi connectivity index (χ1) is 8.11. The third-order valence-electron chi connectivity index (χ3n) is 4.02. The Kier molecular flexibility index (Phi) is 3.72. The van der Waals surface area contributed by atoms with Crippen LogP contribution in [0.1, 0.15) is 37.8 Å². The van der Waals surface area contributed by atoms with Crippen molar-refractivity contribution in [1.29, 1.82) is 0 Å². The summed E-state index contributed by atoms with van der Waals surface area (Å²) < 4.78 is 0. The maximum absolute atomic E-state index is 5.71. The third kappa shape index (κ3) is 2.63. The summed E-state index contributed by atoms with van der Waals surface area (Å²) in [5.41, 5.74) is 9.64. The number of hydrogen-bond acceptors (Lipinski definition) is 2.